The van der Waals surface area contributed by atoms with E-state index in [1.54, 1.807) is 7.11 Å². The standard InChI is InChI=1S/C18H19N3O2/c1-23-12-5-2-4-11(10-12)17-20-18(22)14-7-3-6-13-15(19)8-9-21(17)16(13)14/h2-7,10,15,17H,8-9,19H2,1H3,(H,20,22)/t15-,17+/m1/s1. The molecule has 2 aliphatic heterocycles. The van der Waals surface area contributed by atoms with Crippen LogP contribution in [0.1, 0.15) is 40.1 Å². The molecule has 2 aromatic rings. The first-order valence-corrected chi connectivity index (χ1v) is 7.79. The van der Waals surface area contributed by atoms with Crippen molar-refractivity contribution in [2.24, 2.45) is 5.73 Å². The third-order valence-corrected chi connectivity index (χ3v) is 4.67. The molecule has 0 saturated carbocycles. The van der Waals surface area contributed by atoms with Gasteiger partial charge in [-0.1, -0.05) is 24.3 Å². The summed E-state index contributed by atoms with van der Waals surface area (Å²) in [4.78, 5) is 14.8. The number of carbonyl (C=O) groups is 1. The number of rotatable bonds is 2. The quantitative estimate of drug-likeness (QED) is 0.893. The lowest BCUT2D eigenvalue weighted by Crippen LogP contribution is -2.49. The van der Waals surface area contributed by atoms with Crippen molar-refractivity contribution in [1.29, 1.82) is 0 Å². The minimum atomic E-state index is -0.196. The molecule has 1 amide bonds. The molecule has 2 aromatic carbocycles. The molecule has 2 heterocycles. The Bertz CT molecular complexity index is 775. The van der Waals surface area contributed by atoms with Crippen molar-refractivity contribution >= 4 is 11.6 Å². The summed E-state index contributed by atoms with van der Waals surface area (Å²) in [7, 11) is 1.64. The Balaban J connectivity index is 1.84. The topological polar surface area (TPSA) is 67.6 Å². The normalized spacial score (nSPS) is 22.3. The van der Waals surface area contributed by atoms with Gasteiger partial charge in [-0.15, -0.1) is 0 Å². The van der Waals surface area contributed by atoms with Gasteiger partial charge in [0.25, 0.3) is 5.91 Å². The van der Waals surface area contributed by atoms with E-state index >= 15 is 0 Å². The Labute approximate surface area is 135 Å². The van der Waals surface area contributed by atoms with Gasteiger partial charge < -0.3 is 20.7 Å². The van der Waals surface area contributed by atoms with Crippen LogP contribution in [-0.4, -0.2) is 19.6 Å². The van der Waals surface area contributed by atoms with Crippen LogP contribution in [0.25, 0.3) is 0 Å². The number of benzene rings is 2. The predicted octanol–water partition coefficient (Wildman–Crippen LogP) is 2.35. The number of methoxy groups -OCH3 is 1. The van der Waals surface area contributed by atoms with Gasteiger partial charge in [-0.2, -0.15) is 0 Å². The number of hydrogen-bond donors (Lipinski definition) is 2. The van der Waals surface area contributed by atoms with E-state index in [1.165, 1.54) is 0 Å². The van der Waals surface area contributed by atoms with Gasteiger partial charge in [-0.05, 0) is 35.7 Å². The highest BCUT2D eigenvalue weighted by Gasteiger charge is 2.37. The number of ether oxygens (including phenoxy) is 1. The smallest absolute Gasteiger partial charge is 0.255 e. The van der Waals surface area contributed by atoms with Gasteiger partial charge in [-0.25, -0.2) is 0 Å². The van der Waals surface area contributed by atoms with Crippen LogP contribution in [0.5, 0.6) is 5.75 Å². The van der Waals surface area contributed by atoms with E-state index in [2.05, 4.69) is 10.2 Å². The number of carbonyl (C=O) groups excluding carboxylic acids is 1. The largest absolute Gasteiger partial charge is 0.497 e. The molecule has 2 aliphatic rings. The number of nitrogens with one attached hydrogen (secondary N) is 1. The number of nitrogens with two attached hydrogens (primary N) is 1. The van der Waals surface area contributed by atoms with Gasteiger partial charge in [0.1, 0.15) is 11.9 Å². The second kappa shape index (κ2) is 5.28. The van der Waals surface area contributed by atoms with Crippen LogP contribution >= 0.6 is 0 Å². The predicted molar refractivity (Wildman–Crippen MR) is 88.5 cm³/mol. The van der Waals surface area contributed by atoms with Crippen molar-refractivity contribution < 1.29 is 9.53 Å². The zero-order chi connectivity index (χ0) is 16.0. The molecule has 5 heteroatoms. The van der Waals surface area contributed by atoms with Gasteiger partial charge in [-0.3, -0.25) is 4.79 Å². The monoisotopic (exact) mass is 309 g/mol. The van der Waals surface area contributed by atoms with E-state index in [4.69, 9.17) is 10.5 Å². The van der Waals surface area contributed by atoms with Crippen LogP contribution in [0.15, 0.2) is 42.5 Å². The number of anilines is 1. The van der Waals surface area contributed by atoms with E-state index in [9.17, 15) is 4.79 Å². The second-order valence-electron chi connectivity index (χ2n) is 5.98. The summed E-state index contributed by atoms with van der Waals surface area (Å²) in [6.07, 6.45) is 0.672. The van der Waals surface area contributed by atoms with Gasteiger partial charge in [0.15, 0.2) is 0 Å². The Morgan fingerprint density at radius 3 is 2.91 bits per heavy atom. The average Bonchev–Trinajstić information content (AvgIpc) is 2.60. The van der Waals surface area contributed by atoms with Gasteiger partial charge in [0, 0.05) is 12.6 Å². The SMILES string of the molecule is COc1cccc([C@H]2NC(=O)c3cccc4c3N2CC[C@H]4N)c1. The average molecular weight is 309 g/mol. The molecule has 4 rings (SSSR count). The summed E-state index contributed by atoms with van der Waals surface area (Å²) in [5, 5.41) is 3.11. The summed E-state index contributed by atoms with van der Waals surface area (Å²) in [6, 6.07) is 13.6. The molecule has 0 aliphatic carbocycles. The maximum atomic E-state index is 12.6. The third kappa shape index (κ3) is 2.16. The van der Waals surface area contributed by atoms with Crippen LogP contribution in [0.3, 0.4) is 0 Å². The van der Waals surface area contributed by atoms with E-state index < -0.39 is 0 Å². The summed E-state index contributed by atoms with van der Waals surface area (Å²) in [6.45, 7) is 0.813. The van der Waals surface area contributed by atoms with Crippen LogP contribution < -0.4 is 20.7 Å². The van der Waals surface area contributed by atoms with Crippen molar-refractivity contribution in [3.63, 3.8) is 0 Å². The number of amides is 1. The van der Waals surface area contributed by atoms with Crippen molar-refractivity contribution in [3.8, 4) is 5.75 Å². The Morgan fingerprint density at radius 2 is 2.09 bits per heavy atom. The first-order chi connectivity index (χ1) is 11.2. The molecule has 0 radical (unpaired) electrons. The van der Waals surface area contributed by atoms with Crippen LogP contribution in [0, 0.1) is 0 Å². The molecule has 0 spiro atoms. The zero-order valence-corrected chi connectivity index (χ0v) is 13.0. The lowest BCUT2D eigenvalue weighted by Gasteiger charge is -2.44. The lowest BCUT2D eigenvalue weighted by atomic mass is 9.90. The molecular weight excluding hydrogens is 290 g/mol. The Kier molecular flexibility index (Phi) is 3.23. The number of para-hydroxylation sites is 1. The molecule has 0 bridgehead atoms. The molecule has 0 unspecified atom stereocenters. The van der Waals surface area contributed by atoms with Crippen molar-refractivity contribution in [2.75, 3.05) is 18.6 Å². The van der Waals surface area contributed by atoms with Gasteiger partial charge in [0.05, 0.1) is 18.4 Å². The van der Waals surface area contributed by atoms with Crippen LogP contribution in [-0.2, 0) is 0 Å². The number of hydrogen-bond acceptors (Lipinski definition) is 4. The lowest BCUT2D eigenvalue weighted by molar-refractivity contribution is 0.0925. The molecule has 5 nitrogen and oxygen atoms in total. The van der Waals surface area contributed by atoms with E-state index in [-0.39, 0.29) is 18.1 Å². The zero-order valence-electron chi connectivity index (χ0n) is 13.0. The van der Waals surface area contributed by atoms with Crippen molar-refractivity contribution in [3.05, 3.63) is 59.2 Å². The third-order valence-electron chi connectivity index (χ3n) is 4.67. The summed E-state index contributed by atoms with van der Waals surface area (Å²) in [5.74, 6) is 0.726. The fourth-order valence-electron chi connectivity index (χ4n) is 3.52. The first-order valence-electron chi connectivity index (χ1n) is 7.79. The fourth-order valence-corrected chi connectivity index (χ4v) is 3.52. The van der Waals surface area contributed by atoms with E-state index in [1.807, 2.05) is 42.5 Å². The first kappa shape index (κ1) is 14.1. The summed E-state index contributed by atoms with van der Waals surface area (Å²) >= 11 is 0. The highest BCUT2D eigenvalue weighted by Crippen LogP contribution is 2.42. The maximum Gasteiger partial charge on any atom is 0.255 e. The minimum Gasteiger partial charge on any atom is -0.497 e. The highest BCUT2D eigenvalue weighted by atomic mass is 16.5. The van der Waals surface area contributed by atoms with Crippen LogP contribution in [0.4, 0.5) is 5.69 Å². The molecular formula is C18H19N3O2. The molecule has 0 aromatic heterocycles. The fraction of sp³-hybridized carbons (Fsp3) is 0.278. The molecule has 23 heavy (non-hydrogen) atoms. The molecule has 118 valence electrons. The number of nitrogens with zero attached hydrogens (tertiary/aromatic N) is 1. The highest BCUT2D eigenvalue weighted by molar-refractivity contribution is 6.03. The van der Waals surface area contributed by atoms with Crippen molar-refractivity contribution in [1.82, 2.24) is 5.32 Å². The van der Waals surface area contributed by atoms with Crippen molar-refractivity contribution in [2.45, 2.75) is 18.6 Å². The van der Waals surface area contributed by atoms with E-state index in [0.29, 0.717) is 5.56 Å². The van der Waals surface area contributed by atoms with Gasteiger partial charge >= 0.3 is 0 Å². The Hall–Kier alpha value is -2.53. The summed E-state index contributed by atoms with van der Waals surface area (Å²) < 4.78 is 5.31. The maximum absolute atomic E-state index is 12.6. The van der Waals surface area contributed by atoms with Crippen LogP contribution in [0.2, 0.25) is 0 Å². The molecule has 0 saturated heterocycles. The molecule has 3 N–H and O–H groups in total. The molecule has 0 fully saturated rings. The van der Waals surface area contributed by atoms with Gasteiger partial charge in [0.2, 0.25) is 0 Å². The van der Waals surface area contributed by atoms with E-state index in [0.717, 1.165) is 35.5 Å². The Morgan fingerprint density at radius 1 is 1.26 bits per heavy atom. The summed E-state index contributed by atoms with van der Waals surface area (Å²) in [5.41, 5.74) is 9.99. The minimum absolute atomic E-state index is 0.0157. The molecule has 2 atom stereocenters. The second-order valence-corrected chi connectivity index (χ2v) is 5.98.